The molecular weight excluding hydrogens is 288 g/mol. The molecule has 0 aromatic heterocycles. The van der Waals surface area contributed by atoms with Crippen LogP contribution in [0.3, 0.4) is 0 Å². The molecule has 0 unspecified atom stereocenters. The Labute approximate surface area is 119 Å². The number of carbonyl (C=O) groups excluding carboxylic acids is 1. The van der Waals surface area contributed by atoms with Crippen LogP contribution < -0.4 is 5.32 Å². The molecule has 1 aromatic carbocycles. The fourth-order valence-corrected chi connectivity index (χ4v) is 2.48. The van der Waals surface area contributed by atoms with E-state index in [0.29, 0.717) is 19.2 Å². The van der Waals surface area contributed by atoms with E-state index in [1.807, 2.05) is 0 Å². The highest BCUT2D eigenvalue weighted by Crippen LogP contribution is 2.32. The van der Waals surface area contributed by atoms with Crippen molar-refractivity contribution in [3.05, 3.63) is 35.1 Å². The molecule has 7 heteroatoms. The number of hydrogen-bond acceptors (Lipinski definition) is 2. The van der Waals surface area contributed by atoms with Crippen LogP contribution >= 0.6 is 0 Å². The number of nitrogens with one attached hydrogen (secondary N) is 1. The Morgan fingerprint density at radius 2 is 2.10 bits per heavy atom. The standard InChI is InChI=1S/C14H16F4N2O/c1-19-9-4-3-7-20(8-9)13(21)10-5-2-6-11(12(10)15)14(16,17)18/h2,5-6,9,19H,3-4,7-8H2,1H3/t9-/m1/s1. The molecule has 1 heterocycles. The van der Waals surface area contributed by atoms with Gasteiger partial charge in [-0.05, 0) is 32.0 Å². The number of halogens is 4. The van der Waals surface area contributed by atoms with Gasteiger partial charge < -0.3 is 10.2 Å². The molecule has 1 fully saturated rings. The number of likely N-dealkylation sites (N-methyl/N-ethyl adjacent to an activating group) is 1. The summed E-state index contributed by atoms with van der Waals surface area (Å²) in [4.78, 5) is 13.6. The fraction of sp³-hybridized carbons (Fsp3) is 0.500. The third-order valence-electron chi connectivity index (χ3n) is 3.65. The molecule has 1 aliphatic heterocycles. The zero-order valence-corrected chi connectivity index (χ0v) is 11.5. The van der Waals surface area contributed by atoms with Gasteiger partial charge in [-0.15, -0.1) is 0 Å². The van der Waals surface area contributed by atoms with Gasteiger partial charge >= 0.3 is 6.18 Å². The summed E-state index contributed by atoms with van der Waals surface area (Å²) in [6.07, 6.45) is -3.20. The molecule has 0 aliphatic carbocycles. The van der Waals surface area contributed by atoms with Gasteiger partial charge in [0, 0.05) is 19.1 Å². The van der Waals surface area contributed by atoms with E-state index in [9.17, 15) is 22.4 Å². The van der Waals surface area contributed by atoms with Gasteiger partial charge in [-0.3, -0.25) is 4.79 Å². The third-order valence-corrected chi connectivity index (χ3v) is 3.65. The monoisotopic (exact) mass is 304 g/mol. The number of rotatable bonds is 2. The molecule has 0 bridgehead atoms. The lowest BCUT2D eigenvalue weighted by Crippen LogP contribution is -2.47. The van der Waals surface area contributed by atoms with Gasteiger partial charge in [-0.25, -0.2) is 4.39 Å². The Balaban J connectivity index is 2.27. The quantitative estimate of drug-likeness (QED) is 0.852. The lowest BCUT2D eigenvalue weighted by atomic mass is 10.0. The topological polar surface area (TPSA) is 32.3 Å². The number of amides is 1. The number of hydrogen-bond donors (Lipinski definition) is 1. The average Bonchev–Trinajstić information content (AvgIpc) is 2.45. The second kappa shape index (κ2) is 6.01. The van der Waals surface area contributed by atoms with E-state index in [4.69, 9.17) is 0 Å². The second-order valence-electron chi connectivity index (χ2n) is 5.04. The van der Waals surface area contributed by atoms with E-state index in [2.05, 4.69) is 5.32 Å². The largest absolute Gasteiger partial charge is 0.419 e. The Bertz CT molecular complexity index is 530. The van der Waals surface area contributed by atoms with Gasteiger partial charge in [-0.1, -0.05) is 6.07 Å². The summed E-state index contributed by atoms with van der Waals surface area (Å²) in [5.74, 6) is -2.19. The van der Waals surface area contributed by atoms with E-state index in [0.717, 1.165) is 25.0 Å². The number of alkyl halides is 3. The molecule has 0 radical (unpaired) electrons. The summed E-state index contributed by atoms with van der Waals surface area (Å²) in [7, 11) is 1.75. The number of piperidine rings is 1. The molecule has 21 heavy (non-hydrogen) atoms. The lowest BCUT2D eigenvalue weighted by Gasteiger charge is -2.32. The van der Waals surface area contributed by atoms with Crippen LogP contribution in [0.5, 0.6) is 0 Å². The SMILES string of the molecule is CN[C@@H]1CCCN(C(=O)c2cccc(C(F)(F)F)c2F)C1. The normalized spacial score (nSPS) is 19.7. The van der Waals surface area contributed by atoms with Crippen molar-refractivity contribution in [2.45, 2.75) is 25.1 Å². The summed E-state index contributed by atoms with van der Waals surface area (Å²) in [5, 5.41) is 3.02. The molecular formula is C14H16F4N2O. The molecule has 1 aliphatic rings. The van der Waals surface area contributed by atoms with Gasteiger partial charge in [0.1, 0.15) is 5.82 Å². The van der Waals surface area contributed by atoms with Crippen LogP contribution in [0.25, 0.3) is 0 Å². The predicted octanol–water partition coefficient (Wildman–Crippen LogP) is 2.67. The first-order valence-electron chi connectivity index (χ1n) is 6.67. The van der Waals surface area contributed by atoms with Crippen molar-refractivity contribution in [2.75, 3.05) is 20.1 Å². The molecule has 1 atom stereocenters. The zero-order chi connectivity index (χ0) is 15.6. The molecule has 0 saturated carbocycles. The highest BCUT2D eigenvalue weighted by molar-refractivity contribution is 5.94. The Morgan fingerprint density at radius 3 is 2.71 bits per heavy atom. The van der Waals surface area contributed by atoms with Crippen LogP contribution in [0.4, 0.5) is 17.6 Å². The number of carbonyl (C=O) groups is 1. The van der Waals surface area contributed by atoms with Gasteiger partial charge in [0.25, 0.3) is 5.91 Å². The molecule has 3 nitrogen and oxygen atoms in total. The Morgan fingerprint density at radius 1 is 1.38 bits per heavy atom. The van der Waals surface area contributed by atoms with Gasteiger partial charge in [0.2, 0.25) is 0 Å². The van der Waals surface area contributed by atoms with Gasteiger partial charge in [-0.2, -0.15) is 13.2 Å². The van der Waals surface area contributed by atoms with Crippen LogP contribution in [0.15, 0.2) is 18.2 Å². The summed E-state index contributed by atoms with van der Waals surface area (Å²) in [6.45, 7) is 0.789. The number of nitrogens with zero attached hydrogens (tertiary/aromatic N) is 1. The minimum absolute atomic E-state index is 0.0801. The molecule has 2 rings (SSSR count). The molecule has 1 saturated heterocycles. The van der Waals surface area contributed by atoms with E-state index >= 15 is 0 Å². The maximum absolute atomic E-state index is 14.0. The fourth-order valence-electron chi connectivity index (χ4n) is 2.48. The Kier molecular flexibility index (Phi) is 4.51. The van der Waals surface area contributed by atoms with Crippen molar-refractivity contribution in [2.24, 2.45) is 0 Å². The number of benzene rings is 1. The predicted molar refractivity (Wildman–Crippen MR) is 69.4 cm³/mol. The number of likely N-dealkylation sites (tertiary alicyclic amines) is 1. The minimum Gasteiger partial charge on any atom is -0.337 e. The van der Waals surface area contributed by atoms with Gasteiger partial charge in [0.05, 0.1) is 11.1 Å². The summed E-state index contributed by atoms with van der Waals surface area (Å²) < 4.78 is 52.0. The van der Waals surface area contributed by atoms with Crippen molar-refractivity contribution in [1.82, 2.24) is 10.2 Å². The maximum atomic E-state index is 14.0. The van der Waals surface area contributed by atoms with Gasteiger partial charge in [0.15, 0.2) is 0 Å². The molecule has 1 aromatic rings. The van der Waals surface area contributed by atoms with E-state index in [-0.39, 0.29) is 6.04 Å². The smallest absolute Gasteiger partial charge is 0.337 e. The van der Waals surface area contributed by atoms with E-state index < -0.39 is 29.0 Å². The summed E-state index contributed by atoms with van der Waals surface area (Å²) in [6, 6.07) is 2.87. The molecule has 116 valence electrons. The summed E-state index contributed by atoms with van der Waals surface area (Å²) >= 11 is 0. The molecule has 1 amide bonds. The van der Waals surface area contributed by atoms with Crippen molar-refractivity contribution < 1.29 is 22.4 Å². The second-order valence-corrected chi connectivity index (χ2v) is 5.04. The van der Waals surface area contributed by atoms with Crippen molar-refractivity contribution in [3.8, 4) is 0 Å². The van der Waals surface area contributed by atoms with Crippen LogP contribution in [-0.2, 0) is 6.18 Å². The minimum atomic E-state index is -4.81. The highest BCUT2D eigenvalue weighted by atomic mass is 19.4. The highest BCUT2D eigenvalue weighted by Gasteiger charge is 2.36. The zero-order valence-electron chi connectivity index (χ0n) is 11.5. The average molecular weight is 304 g/mol. The van der Waals surface area contributed by atoms with Crippen LogP contribution in [-0.4, -0.2) is 37.0 Å². The first-order chi connectivity index (χ1) is 9.84. The third kappa shape index (κ3) is 3.34. The maximum Gasteiger partial charge on any atom is 0.419 e. The van der Waals surface area contributed by atoms with Crippen molar-refractivity contribution in [3.63, 3.8) is 0 Å². The van der Waals surface area contributed by atoms with Crippen LogP contribution in [0.1, 0.15) is 28.8 Å². The van der Waals surface area contributed by atoms with Crippen LogP contribution in [0.2, 0.25) is 0 Å². The first kappa shape index (κ1) is 15.8. The molecule has 0 spiro atoms. The van der Waals surface area contributed by atoms with Crippen LogP contribution in [0, 0.1) is 5.82 Å². The van der Waals surface area contributed by atoms with E-state index in [1.54, 1.807) is 7.05 Å². The first-order valence-corrected chi connectivity index (χ1v) is 6.67. The van der Waals surface area contributed by atoms with Crippen molar-refractivity contribution >= 4 is 5.91 Å². The molecule has 1 N–H and O–H groups in total. The lowest BCUT2D eigenvalue weighted by molar-refractivity contribution is -0.140. The Hall–Kier alpha value is -1.63. The van der Waals surface area contributed by atoms with Crippen molar-refractivity contribution in [1.29, 1.82) is 0 Å². The van der Waals surface area contributed by atoms with E-state index in [1.165, 1.54) is 4.90 Å². The summed E-state index contributed by atoms with van der Waals surface area (Å²) in [5.41, 5.74) is -1.93.